The molecule has 16 rings (SSSR count). The van der Waals surface area contributed by atoms with E-state index in [1.807, 2.05) is 91.0 Å². The van der Waals surface area contributed by atoms with Crippen molar-refractivity contribution in [3.8, 4) is 67.5 Å². The van der Waals surface area contributed by atoms with Crippen LogP contribution < -0.4 is 31.6 Å². The summed E-state index contributed by atoms with van der Waals surface area (Å²) >= 11 is 0. The molecule has 12 heteroatoms. The highest BCUT2D eigenvalue weighted by atomic mass is 16.4. The summed E-state index contributed by atoms with van der Waals surface area (Å²) in [6.45, 7) is 33.5. The summed E-state index contributed by atoms with van der Waals surface area (Å²) in [7, 11) is 0. The lowest BCUT2D eigenvalue weighted by Crippen LogP contribution is -2.44. The van der Waals surface area contributed by atoms with Crippen molar-refractivity contribution in [1.82, 2.24) is 15.0 Å². The Morgan fingerprint density at radius 2 is 0.533 bits per heavy atom. The Bertz CT molecular complexity index is 4420. The van der Waals surface area contributed by atoms with Crippen LogP contribution in [0.5, 0.6) is 0 Å². The van der Waals surface area contributed by atoms with E-state index in [2.05, 4.69) is 116 Å². The SMILES string of the molecule is CC1(C)CCN2CCC(C)(C)c3c2c1cc1cc(-c2ccc(-c4nc(-c5ccc(-c6cc7cc8c9c(c7oc6=O)C(C)(C)CCN9CCC8(C)C)cc5)nc(-c5ccc(-c6cc7cc8c9c(c7oc6=O)C(C)(C)CCN9CCC8(C)C)cc5)n4)cc2)c(=O)oc31. The molecule has 0 bridgehead atoms. The van der Waals surface area contributed by atoms with E-state index in [1.165, 1.54) is 33.8 Å². The molecule has 0 spiro atoms. The van der Waals surface area contributed by atoms with E-state index in [4.69, 9.17) is 28.2 Å². The number of hydrogen-bond donors (Lipinski definition) is 0. The second-order valence-corrected chi connectivity index (χ2v) is 30.8. The molecule has 4 aromatic heterocycles. The van der Waals surface area contributed by atoms with Gasteiger partial charge in [0.05, 0.1) is 16.7 Å². The van der Waals surface area contributed by atoms with Crippen molar-refractivity contribution in [2.45, 2.75) is 154 Å². The van der Waals surface area contributed by atoms with E-state index in [1.54, 1.807) is 0 Å². The van der Waals surface area contributed by atoms with Crippen LogP contribution in [0.15, 0.2) is 137 Å². The standard InChI is InChI=1S/C78H78N6O6/c1-73(2)25-31-82-34-28-76(7,8)58-61(82)55(73)40-49-37-52(70(85)88-64(49)58)43-13-19-46(20-14-43)67-79-68(47-21-15-44(16-22-47)53-38-50-41-56-62-59(65(50)89-71(53)86)77(9,10)29-35-83(62)32-26-74(56,3)4)81-69(80-67)48-23-17-45(18-24-48)54-39-51-42-57-63-60(66(51)90-72(54)87)78(11,12)30-36-84(63)33-27-75(57,5)6/h13-24,37-42H,25-36H2,1-12H3. The predicted octanol–water partition coefficient (Wildman–Crippen LogP) is 16.7. The number of aromatic nitrogens is 3. The molecular weight excluding hydrogens is 1120 g/mol. The minimum atomic E-state index is -0.380. The van der Waals surface area contributed by atoms with Crippen LogP contribution in [0.4, 0.5) is 17.1 Å². The Hall–Kier alpha value is -8.64. The van der Waals surface area contributed by atoms with E-state index in [-0.39, 0.29) is 49.4 Å². The molecule has 90 heavy (non-hydrogen) atoms. The molecule has 0 fully saturated rings. The fraction of sp³-hybridized carbons (Fsp3) is 0.385. The zero-order chi connectivity index (χ0) is 62.5. The van der Waals surface area contributed by atoms with Gasteiger partial charge in [-0.3, -0.25) is 0 Å². The summed E-state index contributed by atoms with van der Waals surface area (Å²) in [5.74, 6) is 1.29. The van der Waals surface area contributed by atoms with Gasteiger partial charge in [0, 0.05) is 106 Å². The first-order chi connectivity index (χ1) is 42.7. The van der Waals surface area contributed by atoms with Crippen LogP contribution in [0.3, 0.4) is 0 Å². The van der Waals surface area contributed by atoms with Gasteiger partial charge in [0.2, 0.25) is 0 Å². The van der Waals surface area contributed by atoms with Crippen LogP contribution in [0, 0.1) is 0 Å². The van der Waals surface area contributed by atoms with Crippen molar-refractivity contribution in [3.05, 3.63) is 174 Å². The number of benzene rings is 6. The fourth-order valence-corrected chi connectivity index (χ4v) is 16.2. The lowest BCUT2D eigenvalue weighted by molar-refractivity contribution is 0.398. The molecule has 0 saturated heterocycles. The molecule has 0 radical (unpaired) electrons. The number of nitrogens with zero attached hydrogens (tertiary/aromatic N) is 6. The number of fused-ring (bicyclic) bond motifs is 6. The molecule has 456 valence electrons. The lowest BCUT2D eigenvalue weighted by Gasteiger charge is -2.48. The van der Waals surface area contributed by atoms with Gasteiger partial charge >= 0.3 is 16.9 Å². The molecule has 10 aromatic rings. The maximum absolute atomic E-state index is 14.3. The molecule has 12 nitrogen and oxygen atoms in total. The molecule has 0 saturated carbocycles. The quantitative estimate of drug-likeness (QED) is 0.146. The zero-order valence-electron chi connectivity index (χ0n) is 54.0. The van der Waals surface area contributed by atoms with Crippen molar-refractivity contribution in [1.29, 1.82) is 0 Å². The largest absolute Gasteiger partial charge is 0.422 e. The predicted molar refractivity (Wildman–Crippen MR) is 363 cm³/mol. The van der Waals surface area contributed by atoms with E-state index >= 15 is 0 Å². The van der Waals surface area contributed by atoms with Crippen LogP contribution in [0.25, 0.3) is 100 Å². The maximum Gasteiger partial charge on any atom is 0.344 e. The summed E-state index contributed by atoms with van der Waals surface area (Å²) in [4.78, 5) is 65.7. The van der Waals surface area contributed by atoms with Gasteiger partial charge < -0.3 is 28.0 Å². The minimum Gasteiger partial charge on any atom is -0.422 e. The van der Waals surface area contributed by atoms with Crippen LogP contribution in [-0.4, -0.2) is 54.2 Å². The van der Waals surface area contributed by atoms with Crippen molar-refractivity contribution in [2.75, 3.05) is 54.0 Å². The third kappa shape index (κ3) is 8.65. The number of rotatable bonds is 6. The van der Waals surface area contributed by atoms with Crippen LogP contribution >= 0.6 is 0 Å². The second kappa shape index (κ2) is 19.2. The van der Waals surface area contributed by atoms with E-state index < -0.39 is 0 Å². The Morgan fingerprint density at radius 3 is 0.778 bits per heavy atom. The fourth-order valence-electron chi connectivity index (χ4n) is 16.2. The monoisotopic (exact) mass is 1190 g/mol. The van der Waals surface area contributed by atoms with Crippen molar-refractivity contribution >= 4 is 50.0 Å². The van der Waals surface area contributed by atoms with Gasteiger partial charge in [-0.25, -0.2) is 29.3 Å². The van der Waals surface area contributed by atoms with Gasteiger partial charge in [0.15, 0.2) is 17.5 Å². The van der Waals surface area contributed by atoms with Gasteiger partial charge in [0.1, 0.15) is 16.7 Å². The molecule has 6 aromatic carbocycles. The van der Waals surface area contributed by atoms with Crippen molar-refractivity contribution < 1.29 is 13.3 Å². The van der Waals surface area contributed by atoms with E-state index in [0.29, 0.717) is 50.9 Å². The first-order valence-electron chi connectivity index (χ1n) is 32.5. The molecule has 0 amide bonds. The first kappa shape index (κ1) is 56.6. The van der Waals surface area contributed by atoms with Gasteiger partial charge in [-0.05, 0) is 141 Å². The maximum atomic E-state index is 14.3. The molecule has 0 atom stereocenters. The third-order valence-corrected chi connectivity index (χ3v) is 22.2. The number of anilines is 3. The normalized spacial score (nSPS) is 19.4. The Morgan fingerprint density at radius 1 is 0.311 bits per heavy atom. The zero-order valence-corrected chi connectivity index (χ0v) is 54.0. The second-order valence-electron chi connectivity index (χ2n) is 30.8. The Labute approximate surface area is 525 Å². The Balaban J connectivity index is 0.789. The van der Waals surface area contributed by atoms with Crippen LogP contribution in [0.1, 0.15) is 155 Å². The first-order valence-corrected chi connectivity index (χ1v) is 32.5. The summed E-state index contributed by atoms with van der Waals surface area (Å²) in [5.41, 5.74) is 17.2. The average molecular weight is 1200 g/mol. The van der Waals surface area contributed by atoms with Crippen LogP contribution in [-0.2, 0) is 32.5 Å². The van der Waals surface area contributed by atoms with Gasteiger partial charge in [0.25, 0.3) is 0 Å². The highest BCUT2D eigenvalue weighted by Crippen LogP contribution is 2.55. The molecule has 0 N–H and O–H groups in total. The molecule has 10 heterocycles. The van der Waals surface area contributed by atoms with Crippen LogP contribution in [0.2, 0.25) is 0 Å². The van der Waals surface area contributed by atoms with Crippen molar-refractivity contribution in [3.63, 3.8) is 0 Å². The van der Waals surface area contributed by atoms with E-state index in [0.717, 1.165) is 144 Å². The summed E-state index contributed by atoms with van der Waals surface area (Å²) in [6.07, 6.45) is 6.11. The smallest absolute Gasteiger partial charge is 0.344 e. The summed E-state index contributed by atoms with van der Waals surface area (Å²) in [5, 5.41) is 2.79. The van der Waals surface area contributed by atoms with Gasteiger partial charge in [-0.1, -0.05) is 156 Å². The molecule has 0 aliphatic carbocycles. The number of hydrogen-bond acceptors (Lipinski definition) is 12. The highest BCUT2D eigenvalue weighted by Gasteiger charge is 2.45. The Kier molecular flexibility index (Phi) is 12.1. The topological polar surface area (TPSA) is 139 Å². The highest BCUT2D eigenvalue weighted by molar-refractivity contribution is 5.96. The average Bonchev–Trinajstić information content (AvgIpc) is 0.744. The lowest BCUT2D eigenvalue weighted by atomic mass is 9.69. The third-order valence-electron chi connectivity index (χ3n) is 22.2. The molecule has 6 aliphatic rings. The molecule has 0 unspecified atom stereocenters. The minimum absolute atomic E-state index is 0.0319. The van der Waals surface area contributed by atoms with E-state index in [9.17, 15) is 14.4 Å². The molecule has 6 aliphatic heterocycles. The molecular formula is C78H78N6O6. The van der Waals surface area contributed by atoms with Gasteiger partial charge in [-0.2, -0.15) is 0 Å². The van der Waals surface area contributed by atoms with Gasteiger partial charge in [-0.15, -0.1) is 0 Å². The van der Waals surface area contributed by atoms with Crippen molar-refractivity contribution in [2.24, 2.45) is 0 Å². The summed E-state index contributed by atoms with van der Waals surface area (Å²) in [6, 6.07) is 36.1. The summed E-state index contributed by atoms with van der Waals surface area (Å²) < 4.78 is 19.3.